The molecule has 0 aliphatic carbocycles. The molecule has 0 saturated carbocycles. The number of benzene rings is 1. The molecule has 5 heteroatoms. The Balaban J connectivity index is 2.70. The molecule has 1 atom stereocenters. The Bertz CT molecular complexity index is 359. The third kappa shape index (κ3) is 3.81. The highest BCUT2D eigenvalue weighted by Gasteiger charge is 2.28. The lowest BCUT2D eigenvalue weighted by molar-refractivity contribution is -0.140. The number of halogens is 4. The summed E-state index contributed by atoms with van der Waals surface area (Å²) < 4.78 is 49.0. The highest BCUT2D eigenvalue weighted by atomic mass is 19.4. The van der Waals surface area contributed by atoms with Crippen molar-refractivity contribution in [2.24, 2.45) is 0 Å². The Morgan fingerprint density at radius 3 is 2.44 bits per heavy atom. The first kappa shape index (κ1) is 13.0. The van der Waals surface area contributed by atoms with E-state index in [0.717, 1.165) is 0 Å². The highest BCUT2D eigenvalue weighted by Crippen LogP contribution is 2.28. The molecule has 0 saturated heterocycles. The molecule has 0 fully saturated rings. The zero-order chi connectivity index (χ0) is 12.3. The second kappa shape index (κ2) is 4.82. The summed E-state index contributed by atoms with van der Waals surface area (Å²) in [5.74, 6) is -0.672. The smallest absolute Gasteiger partial charge is 0.388 e. The Hall–Kier alpha value is -1.10. The van der Waals surface area contributed by atoms with Crippen molar-refractivity contribution in [1.82, 2.24) is 0 Å². The fraction of sp³-hybridized carbons (Fsp3) is 0.455. The van der Waals surface area contributed by atoms with Gasteiger partial charge < -0.3 is 5.11 Å². The number of rotatable bonds is 3. The molecule has 16 heavy (non-hydrogen) atoms. The van der Waals surface area contributed by atoms with E-state index in [2.05, 4.69) is 0 Å². The van der Waals surface area contributed by atoms with Gasteiger partial charge in [-0.05, 0) is 25.0 Å². The van der Waals surface area contributed by atoms with Gasteiger partial charge in [0.25, 0.3) is 0 Å². The van der Waals surface area contributed by atoms with E-state index in [9.17, 15) is 22.7 Å². The molecular formula is C11H12F4O. The first-order chi connectivity index (χ1) is 7.29. The Kier molecular flexibility index (Phi) is 3.91. The van der Waals surface area contributed by atoms with Gasteiger partial charge in [-0.1, -0.05) is 12.1 Å². The van der Waals surface area contributed by atoms with Crippen LogP contribution in [0.3, 0.4) is 0 Å². The molecule has 1 N–H and O–H groups in total. The Morgan fingerprint density at radius 2 is 1.94 bits per heavy atom. The zero-order valence-electron chi connectivity index (χ0n) is 8.68. The summed E-state index contributed by atoms with van der Waals surface area (Å²) in [6, 6.07) is 4.05. The van der Waals surface area contributed by atoms with Crippen LogP contribution in [-0.4, -0.2) is 11.3 Å². The van der Waals surface area contributed by atoms with Gasteiger partial charge in [0.05, 0.1) is 6.10 Å². The standard InChI is InChI=1S/C11H12F4O/c1-7-2-3-8(9(12)6-7)10(16)4-5-11(13,14)15/h2-3,6,10,16H,4-5H2,1H3. The third-order valence-corrected chi connectivity index (χ3v) is 2.22. The predicted molar refractivity (Wildman–Crippen MR) is 51.4 cm³/mol. The molecule has 1 unspecified atom stereocenters. The number of aliphatic hydroxyl groups is 1. The maximum Gasteiger partial charge on any atom is 0.389 e. The van der Waals surface area contributed by atoms with Crippen LogP contribution >= 0.6 is 0 Å². The second-order valence-corrected chi connectivity index (χ2v) is 3.69. The molecule has 90 valence electrons. The van der Waals surface area contributed by atoms with Gasteiger partial charge in [-0.25, -0.2) is 4.39 Å². The number of aliphatic hydroxyl groups excluding tert-OH is 1. The van der Waals surface area contributed by atoms with Crippen LogP contribution in [0.5, 0.6) is 0 Å². The summed E-state index contributed by atoms with van der Waals surface area (Å²) >= 11 is 0. The topological polar surface area (TPSA) is 20.2 Å². The van der Waals surface area contributed by atoms with E-state index in [0.29, 0.717) is 5.56 Å². The van der Waals surface area contributed by atoms with Gasteiger partial charge in [0, 0.05) is 12.0 Å². The summed E-state index contributed by atoms with van der Waals surface area (Å²) in [4.78, 5) is 0. The minimum Gasteiger partial charge on any atom is -0.388 e. The highest BCUT2D eigenvalue weighted by molar-refractivity contribution is 5.25. The van der Waals surface area contributed by atoms with Gasteiger partial charge in [0.15, 0.2) is 0 Å². The van der Waals surface area contributed by atoms with Crippen LogP contribution in [0.1, 0.15) is 30.1 Å². The van der Waals surface area contributed by atoms with Gasteiger partial charge in [-0.2, -0.15) is 13.2 Å². The second-order valence-electron chi connectivity index (χ2n) is 3.69. The summed E-state index contributed by atoms with van der Waals surface area (Å²) in [5.41, 5.74) is 0.569. The number of alkyl halides is 3. The molecule has 0 bridgehead atoms. The van der Waals surface area contributed by atoms with Crippen molar-refractivity contribution < 1.29 is 22.7 Å². The van der Waals surface area contributed by atoms with Crippen LogP contribution in [0.15, 0.2) is 18.2 Å². The maximum absolute atomic E-state index is 13.3. The molecule has 1 aromatic carbocycles. The fourth-order valence-electron chi connectivity index (χ4n) is 1.36. The van der Waals surface area contributed by atoms with Crippen molar-refractivity contribution in [2.45, 2.75) is 32.0 Å². The van der Waals surface area contributed by atoms with E-state index in [1.54, 1.807) is 13.0 Å². The van der Waals surface area contributed by atoms with E-state index in [1.807, 2.05) is 0 Å². The lowest BCUT2D eigenvalue weighted by Crippen LogP contribution is -2.10. The van der Waals surface area contributed by atoms with E-state index >= 15 is 0 Å². The molecule has 1 rings (SSSR count). The van der Waals surface area contributed by atoms with Crippen LogP contribution in [0.4, 0.5) is 17.6 Å². The van der Waals surface area contributed by atoms with Crippen molar-refractivity contribution in [3.05, 3.63) is 35.1 Å². The first-order valence-corrected chi connectivity index (χ1v) is 4.80. The van der Waals surface area contributed by atoms with Crippen molar-refractivity contribution in [1.29, 1.82) is 0 Å². The monoisotopic (exact) mass is 236 g/mol. The summed E-state index contributed by atoms with van der Waals surface area (Å²) in [7, 11) is 0. The Labute approximate surface area is 90.7 Å². The quantitative estimate of drug-likeness (QED) is 0.796. The van der Waals surface area contributed by atoms with Crippen LogP contribution in [-0.2, 0) is 0 Å². The van der Waals surface area contributed by atoms with Crippen molar-refractivity contribution in [3.63, 3.8) is 0 Å². The molecule has 0 aliphatic rings. The molecular weight excluding hydrogens is 224 g/mol. The summed E-state index contributed by atoms with van der Waals surface area (Å²) in [6.07, 6.45) is -7.39. The van der Waals surface area contributed by atoms with Crippen LogP contribution in [0.2, 0.25) is 0 Å². The Morgan fingerprint density at radius 1 is 1.31 bits per heavy atom. The zero-order valence-corrected chi connectivity index (χ0v) is 8.68. The van der Waals surface area contributed by atoms with E-state index in [-0.39, 0.29) is 5.56 Å². The number of hydrogen-bond donors (Lipinski definition) is 1. The van der Waals surface area contributed by atoms with E-state index < -0.39 is 30.9 Å². The van der Waals surface area contributed by atoms with Crippen LogP contribution < -0.4 is 0 Å². The van der Waals surface area contributed by atoms with Crippen molar-refractivity contribution in [3.8, 4) is 0 Å². The number of aryl methyl sites for hydroxylation is 1. The summed E-state index contributed by atoms with van der Waals surface area (Å²) in [5, 5.41) is 9.42. The molecule has 0 aromatic heterocycles. The molecule has 0 aliphatic heterocycles. The lowest BCUT2D eigenvalue weighted by atomic mass is 10.0. The fourth-order valence-corrected chi connectivity index (χ4v) is 1.36. The minimum absolute atomic E-state index is 0.0881. The molecule has 0 spiro atoms. The van der Waals surface area contributed by atoms with Crippen molar-refractivity contribution in [2.75, 3.05) is 0 Å². The largest absolute Gasteiger partial charge is 0.389 e. The molecule has 0 radical (unpaired) electrons. The maximum atomic E-state index is 13.3. The van der Waals surface area contributed by atoms with Crippen LogP contribution in [0.25, 0.3) is 0 Å². The number of hydrogen-bond acceptors (Lipinski definition) is 1. The third-order valence-electron chi connectivity index (χ3n) is 2.22. The van der Waals surface area contributed by atoms with Crippen molar-refractivity contribution >= 4 is 0 Å². The van der Waals surface area contributed by atoms with Crippen LogP contribution in [0, 0.1) is 12.7 Å². The average Bonchev–Trinajstić information content (AvgIpc) is 2.13. The van der Waals surface area contributed by atoms with E-state index in [4.69, 9.17) is 0 Å². The predicted octanol–water partition coefficient (Wildman–Crippen LogP) is 3.51. The minimum atomic E-state index is -4.33. The first-order valence-electron chi connectivity index (χ1n) is 4.80. The van der Waals surface area contributed by atoms with E-state index in [1.165, 1.54) is 12.1 Å². The lowest BCUT2D eigenvalue weighted by Gasteiger charge is -2.13. The molecule has 0 amide bonds. The van der Waals surface area contributed by atoms with Gasteiger partial charge in [-0.3, -0.25) is 0 Å². The molecule has 0 heterocycles. The average molecular weight is 236 g/mol. The van der Waals surface area contributed by atoms with Gasteiger partial charge in [0.2, 0.25) is 0 Å². The molecule has 1 aromatic rings. The van der Waals surface area contributed by atoms with Gasteiger partial charge >= 0.3 is 6.18 Å². The van der Waals surface area contributed by atoms with Gasteiger partial charge in [0.1, 0.15) is 5.82 Å². The SMILES string of the molecule is Cc1ccc(C(O)CCC(F)(F)F)c(F)c1. The van der Waals surface area contributed by atoms with Gasteiger partial charge in [-0.15, -0.1) is 0 Å². The normalized spacial score (nSPS) is 13.9. The summed E-state index contributed by atoms with van der Waals surface area (Å²) in [6.45, 7) is 1.66. The molecule has 1 nitrogen and oxygen atoms in total.